The molecule has 6 nitrogen and oxygen atoms in total. The maximum absolute atomic E-state index is 12.9. The zero-order valence-electron chi connectivity index (χ0n) is 19.0. The first kappa shape index (κ1) is 26.0. The van der Waals surface area contributed by atoms with Gasteiger partial charge in [0.05, 0.1) is 16.5 Å². The van der Waals surface area contributed by atoms with Crippen molar-refractivity contribution in [2.24, 2.45) is 15.0 Å². The number of nitrogens with one attached hydrogen (secondary N) is 1. The minimum Gasteiger partial charge on any atom is -0.478 e. The molecule has 2 aromatic carbocycles. The molecule has 3 rings (SSSR count). The summed E-state index contributed by atoms with van der Waals surface area (Å²) in [6.07, 6.45) is 2.36. The molecule has 2 atom stereocenters. The average Bonchev–Trinajstić information content (AvgIpc) is 3.26. The Hall–Kier alpha value is -3.66. The Morgan fingerprint density at radius 2 is 1.94 bits per heavy atom. The number of allylic oxidation sites excluding steroid dienone is 1. The van der Waals surface area contributed by atoms with Gasteiger partial charge in [-0.25, -0.2) is 14.8 Å². The van der Waals surface area contributed by atoms with E-state index in [1.807, 2.05) is 31.4 Å². The van der Waals surface area contributed by atoms with Crippen LogP contribution in [0.3, 0.4) is 0 Å². The van der Waals surface area contributed by atoms with Gasteiger partial charge in [0.25, 0.3) is 0 Å². The Labute approximate surface area is 205 Å². The summed E-state index contributed by atoms with van der Waals surface area (Å²) >= 11 is 1.59. The van der Waals surface area contributed by atoms with E-state index in [4.69, 9.17) is 5.11 Å². The summed E-state index contributed by atoms with van der Waals surface area (Å²) < 4.78 is 38.6. The molecule has 0 amide bonds. The van der Waals surface area contributed by atoms with Crippen LogP contribution in [-0.4, -0.2) is 41.0 Å². The van der Waals surface area contributed by atoms with E-state index < -0.39 is 17.8 Å². The molecule has 0 spiro atoms. The molecule has 0 saturated heterocycles. The number of aliphatic imine (C=N–C) groups is 3. The molecule has 1 aliphatic heterocycles. The third kappa shape index (κ3) is 7.41. The van der Waals surface area contributed by atoms with Gasteiger partial charge in [-0.05, 0) is 60.9 Å². The summed E-state index contributed by atoms with van der Waals surface area (Å²) in [5.74, 6) is -1.19. The van der Waals surface area contributed by atoms with Gasteiger partial charge in [-0.1, -0.05) is 30.9 Å². The third-order valence-corrected chi connectivity index (χ3v) is 6.01. The Kier molecular flexibility index (Phi) is 8.29. The molecule has 0 aliphatic carbocycles. The molecule has 0 saturated carbocycles. The van der Waals surface area contributed by atoms with Crippen molar-refractivity contribution in [3.8, 4) is 0 Å². The van der Waals surface area contributed by atoms with Gasteiger partial charge in [0.1, 0.15) is 11.1 Å². The summed E-state index contributed by atoms with van der Waals surface area (Å²) in [5, 5.41) is 10.9. The van der Waals surface area contributed by atoms with Gasteiger partial charge in [0.2, 0.25) is 5.96 Å². The SMILES string of the molecule is C=C(NC(N=CC)=Nc1cc(C)cc(C2C=NC(C=Cc3ccc(C(=O)O)cc3)S2)c1)C(F)(F)F. The molecule has 2 unspecified atom stereocenters. The number of carboxylic acids is 1. The molecule has 1 heterocycles. The average molecular weight is 501 g/mol. The number of alkyl halides is 3. The molecule has 2 N–H and O–H groups in total. The summed E-state index contributed by atoms with van der Waals surface area (Å²) in [4.78, 5) is 23.6. The normalized spacial score (nSPS) is 18.5. The first-order valence-corrected chi connectivity index (χ1v) is 11.4. The van der Waals surface area contributed by atoms with Gasteiger partial charge >= 0.3 is 12.1 Å². The van der Waals surface area contributed by atoms with Crippen LogP contribution >= 0.6 is 11.8 Å². The number of carbonyl (C=O) groups is 1. The number of carboxylic acid groups (broad SMARTS) is 1. The molecule has 1 aliphatic rings. The molecule has 0 aromatic heterocycles. The number of aryl methyl sites for hydroxylation is 1. The minimum absolute atomic E-state index is 0.0656. The van der Waals surface area contributed by atoms with E-state index in [1.165, 1.54) is 6.21 Å². The number of halogens is 3. The van der Waals surface area contributed by atoms with Gasteiger partial charge < -0.3 is 10.4 Å². The topological polar surface area (TPSA) is 86.4 Å². The number of benzene rings is 2. The lowest BCUT2D eigenvalue weighted by atomic mass is 10.1. The van der Waals surface area contributed by atoms with Crippen molar-refractivity contribution in [1.82, 2.24) is 5.32 Å². The molecule has 0 fully saturated rings. The largest absolute Gasteiger partial charge is 0.478 e. The lowest BCUT2D eigenvalue weighted by Crippen LogP contribution is -2.29. The summed E-state index contributed by atoms with van der Waals surface area (Å²) in [7, 11) is 0. The Morgan fingerprint density at radius 3 is 2.57 bits per heavy atom. The summed E-state index contributed by atoms with van der Waals surface area (Å²) in [6, 6.07) is 12.1. The molecule has 0 radical (unpaired) electrons. The van der Waals surface area contributed by atoms with E-state index in [2.05, 4.69) is 26.9 Å². The fourth-order valence-electron chi connectivity index (χ4n) is 3.13. The van der Waals surface area contributed by atoms with Crippen LogP contribution in [0.1, 0.15) is 39.2 Å². The highest BCUT2D eigenvalue weighted by molar-refractivity contribution is 8.01. The van der Waals surface area contributed by atoms with Crippen LogP contribution in [-0.2, 0) is 0 Å². The summed E-state index contributed by atoms with van der Waals surface area (Å²) in [5.41, 5.74) is 2.18. The number of thioether (sulfide) groups is 1. The van der Waals surface area contributed by atoms with E-state index in [0.29, 0.717) is 5.69 Å². The minimum atomic E-state index is -4.61. The highest BCUT2D eigenvalue weighted by atomic mass is 32.2. The molecule has 10 heteroatoms. The van der Waals surface area contributed by atoms with E-state index in [9.17, 15) is 18.0 Å². The quantitative estimate of drug-likeness (QED) is 0.358. The van der Waals surface area contributed by atoms with Crippen molar-refractivity contribution < 1.29 is 23.1 Å². The number of nitrogens with zero attached hydrogens (tertiary/aromatic N) is 3. The van der Waals surface area contributed by atoms with Crippen molar-refractivity contribution >= 4 is 47.9 Å². The number of hydrogen-bond donors (Lipinski definition) is 2. The van der Waals surface area contributed by atoms with Gasteiger partial charge in [-0.3, -0.25) is 4.99 Å². The molecule has 2 aromatic rings. The number of hydrogen-bond acceptors (Lipinski definition) is 4. The monoisotopic (exact) mass is 500 g/mol. The van der Waals surface area contributed by atoms with E-state index in [1.54, 1.807) is 55.1 Å². The van der Waals surface area contributed by atoms with Crippen molar-refractivity contribution in [2.75, 3.05) is 0 Å². The number of rotatable bonds is 6. The fraction of sp³-hybridized carbons (Fsp3) is 0.200. The van der Waals surface area contributed by atoms with Crippen LogP contribution in [0.5, 0.6) is 0 Å². The second-order valence-electron chi connectivity index (χ2n) is 7.56. The zero-order valence-corrected chi connectivity index (χ0v) is 19.8. The lowest BCUT2D eigenvalue weighted by molar-refractivity contribution is -0.0944. The van der Waals surface area contributed by atoms with Crippen molar-refractivity contribution in [2.45, 2.75) is 30.6 Å². The predicted octanol–water partition coefficient (Wildman–Crippen LogP) is 6.34. The second kappa shape index (κ2) is 11.2. The zero-order chi connectivity index (χ0) is 25.6. The van der Waals surface area contributed by atoms with Crippen LogP contribution in [0.15, 0.2) is 75.8 Å². The fourth-order valence-corrected chi connectivity index (χ4v) is 4.18. The third-order valence-electron chi connectivity index (χ3n) is 4.77. The maximum atomic E-state index is 12.9. The summed E-state index contributed by atoms with van der Waals surface area (Å²) in [6.45, 7) is 6.46. The van der Waals surface area contributed by atoms with Crippen molar-refractivity contribution in [3.05, 3.63) is 83.1 Å². The van der Waals surface area contributed by atoms with E-state index >= 15 is 0 Å². The molecular formula is C25H23F3N4O2S. The molecular weight excluding hydrogens is 477 g/mol. The highest BCUT2D eigenvalue weighted by Gasteiger charge is 2.32. The Balaban J connectivity index is 1.74. The van der Waals surface area contributed by atoms with Crippen LogP contribution in [0.25, 0.3) is 6.08 Å². The van der Waals surface area contributed by atoms with Gasteiger partial charge in [0, 0.05) is 12.4 Å². The highest BCUT2D eigenvalue weighted by Crippen LogP contribution is 2.38. The van der Waals surface area contributed by atoms with Gasteiger partial charge in [0.15, 0.2) is 0 Å². The predicted molar refractivity (Wildman–Crippen MR) is 136 cm³/mol. The van der Waals surface area contributed by atoms with Crippen LogP contribution < -0.4 is 5.32 Å². The van der Waals surface area contributed by atoms with Crippen LogP contribution in [0.4, 0.5) is 18.9 Å². The van der Waals surface area contributed by atoms with Gasteiger partial charge in [-0.15, -0.1) is 11.8 Å². The first-order valence-electron chi connectivity index (χ1n) is 10.5. The van der Waals surface area contributed by atoms with Crippen molar-refractivity contribution in [1.29, 1.82) is 0 Å². The maximum Gasteiger partial charge on any atom is 0.430 e. The lowest BCUT2D eigenvalue weighted by Gasteiger charge is -2.13. The van der Waals surface area contributed by atoms with Crippen molar-refractivity contribution in [3.63, 3.8) is 0 Å². The number of guanidine groups is 1. The standard InChI is InChI=1S/C25H23F3N4O2S/c1-4-29-24(31-16(3)25(26,27)28)32-20-12-15(2)11-19(13-20)21-14-30-22(35-21)10-7-17-5-8-18(9-6-17)23(33)34/h4-14,21-22H,3H2,1-2H3,(H,31,32)(H,33,34). The first-order chi connectivity index (χ1) is 16.5. The molecule has 35 heavy (non-hydrogen) atoms. The second-order valence-corrected chi connectivity index (χ2v) is 8.82. The van der Waals surface area contributed by atoms with E-state index in [-0.39, 0.29) is 22.1 Å². The van der Waals surface area contributed by atoms with Crippen LogP contribution in [0, 0.1) is 6.92 Å². The number of aromatic carboxylic acids is 1. The molecule has 0 bridgehead atoms. The van der Waals surface area contributed by atoms with E-state index in [0.717, 1.165) is 16.7 Å². The molecule has 182 valence electrons. The Morgan fingerprint density at radius 1 is 1.23 bits per heavy atom. The Bertz CT molecular complexity index is 1220. The van der Waals surface area contributed by atoms with Gasteiger partial charge in [-0.2, -0.15) is 13.2 Å². The smallest absolute Gasteiger partial charge is 0.430 e. The van der Waals surface area contributed by atoms with Crippen LogP contribution in [0.2, 0.25) is 0 Å².